The summed E-state index contributed by atoms with van der Waals surface area (Å²) in [6, 6.07) is 18.9. The molecule has 0 unspecified atom stereocenters. The first-order chi connectivity index (χ1) is 11.7. The van der Waals surface area contributed by atoms with Crippen LogP contribution in [0.1, 0.15) is 30.9 Å². The van der Waals surface area contributed by atoms with E-state index in [0.29, 0.717) is 19.4 Å². The number of carbonyl (C=O) groups is 2. The summed E-state index contributed by atoms with van der Waals surface area (Å²) in [6.07, 6.45) is 1.67. The van der Waals surface area contributed by atoms with Gasteiger partial charge in [-0.15, -0.1) is 0 Å². The summed E-state index contributed by atoms with van der Waals surface area (Å²) < 4.78 is 0. The zero-order valence-corrected chi connectivity index (χ0v) is 14.0. The molecule has 0 saturated carbocycles. The number of rotatable bonds is 8. The van der Waals surface area contributed by atoms with Gasteiger partial charge in [0.2, 0.25) is 11.8 Å². The van der Waals surface area contributed by atoms with Gasteiger partial charge in [-0.2, -0.15) is 0 Å². The summed E-state index contributed by atoms with van der Waals surface area (Å²) in [5, 5.41) is 5.76. The van der Waals surface area contributed by atoms with E-state index in [1.807, 2.05) is 67.6 Å². The Morgan fingerprint density at radius 2 is 1.50 bits per heavy atom. The molecular weight excluding hydrogens is 300 g/mol. The normalized spacial score (nSPS) is 11.5. The molecule has 0 spiro atoms. The monoisotopic (exact) mass is 324 g/mol. The van der Waals surface area contributed by atoms with Crippen LogP contribution in [0.3, 0.4) is 0 Å². The molecule has 2 rings (SSSR count). The van der Waals surface area contributed by atoms with Crippen LogP contribution in [-0.4, -0.2) is 17.9 Å². The van der Waals surface area contributed by atoms with Crippen LogP contribution in [0.2, 0.25) is 0 Å². The zero-order chi connectivity index (χ0) is 17.2. The molecule has 2 aromatic carbocycles. The van der Waals surface area contributed by atoms with Crippen molar-refractivity contribution in [2.75, 3.05) is 0 Å². The summed E-state index contributed by atoms with van der Waals surface area (Å²) in [5.41, 5.74) is 2.05. The van der Waals surface area contributed by atoms with Crippen LogP contribution in [0.25, 0.3) is 0 Å². The molecule has 0 aliphatic heterocycles. The van der Waals surface area contributed by atoms with Crippen LogP contribution in [0, 0.1) is 0 Å². The van der Waals surface area contributed by atoms with Gasteiger partial charge in [0.1, 0.15) is 6.04 Å². The molecule has 4 nitrogen and oxygen atoms in total. The number of nitrogens with one attached hydrogen (secondary N) is 2. The molecule has 0 aliphatic carbocycles. The summed E-state index contributed by atoms with van der Waals surface area (Å²) >= 11 is 0. The van der Waals surface area contributed by atoms with E-state index in [1.54, 1.807) is 0 Å². The lowest BCUT2D eigenvalue weighted by molar-refractivity contribution is -0.129. The van der Waals surface area contributed by atoms with Crippen LogP contribution >= 0.6 is 0 Å². The number of hydrogen-bond acceptors (Lipinski definition) is 2. The second-order valence-corrected chi connectivity index (χ2v) is 5.76. The zero-order valence-electron chi connectivity index (χ0n) is 14.0. The second kappa shape index (κ2) is 9.50. The van der Waals surface area contributed by atoms with Gasteiger partial charge in [-0.25, -0.2) is 0 Å². The first-order valence-electron chi connectivity index (χ1n) is 8.34. The van der Waals surface area contributed by atoms with Crippen molar-refractivity contribution in [2.24, 2.45) is 0 Å². The number of amides is 2. The highest BCUT2D eigenvalue weighted by Crippen LogP contribution is 2.05. The van der Waals surface area contributed by atoms with Crippen molar-refractivity contribution in [2.45, 2.75) is 38.8 Å². The van der Waals surface area contributed by atoms with Crippen LogP contribution in [0.15, 0.2) is 60.7 Å². The van der Waals surface area contributed by atoms with E-state index in [2.05, 4.69) is 10.6 Å². The molecule has 0 bridgehead atoms. The molecule has 0 aromatic heterocycles. The Labute approximate surface area is 143 Å². The standard InChI is InChI=1S/C20H24N2O2/c1-2-9-19(23)22-18(14-16-10-5-3-6-11-16)20(24)21-15-17-12-7-4-8-13-17/h3-8,10-13,18H,2,9,14-15H2,1H3,(H,21,24)(H,22,23)/t18-/m1/s1. The largest absolute Gasteiger partial charge is 0.350 e. The van der Waals surface area contributed by atoms with E-state index >= 15 is 0 Å². The van der Waals surface area contributed by atoms with Crippen molar-refractivity contribution >= 4 is 11.8 Å². The summed E-state index contributed by atoms with van der Waals surface area (Å²) in [6.45, 7) is 2.40. The van der Waals surface area contributed by atoms with Crippen molar-refractivity contribution in [1.29, 1.82) is 0 Å². The Kier molecular flexibility index (Phi) is 7.02. The maximum Gasteiger partial charge on any atom is 0.243 e. The van der Waals surface area contributed by atoms with E-state index in [9.17, 15) is 9.59 Å². The predicted octanol–water partition coefficient (Wildman–Crippen LogP) is 2.83. The molecule has 2 aromatic rings. The minimum atomic E-state index is -0.560. The van der Waals surface area contributed by atoms with Crippen molar-refractivity contribution in [3.05, 3.63) is 71.8 Å². The van der Waals surface area contributed by atoms with E-state index in [0.717, 1.165) is 17.5 Å². The topological polar surface area (TPSA) is 58.2 Å². The van der Waals surface area contributed by atoms with Crippen LogP contribution in [0.5, 0.6) is 0 Å². The van der Waals surface area contributed by atoms with Crippen LogP contribution in [-0.2, 0) is 22.6 Å². The van der Waals surface area contributed by atoms with E-state index in [4.69, 9.17) is 0 Å². The van der Waals surface area contributed by atoms with Crippen molar-refractivity contribution in [1.82, 2.24) is 10.6 Å². The van der Waals surface area contributed by atoms with E-state index in [-0.39, 0.29) is 11.8 Å². The lowest BCUT2D eigenvalue weighted by Crippen LogP contribution is -2.47. The van der Waals surface area contributed by atoms with Gasteiger partial charge in [0.05, 0.1) is 0 Å². The first-order valence-corrected chi connectivity index (χ1v) is 8.34. The van der Waals surface area contributed by atoms with Gasteiger partial charge in [0.25, 0.3) is 0 Å². The van der Waals surface area contributed by atoms with E-state index < -0.39 is 6.04 Å². The third-order valence-corrected chi connectivity index (χ3v) is 3.72. The van der Waals surface area contributed by atoms with Crippen LogP contribution < -0.4 is 10.6 Å². The molecule has 1 atom stereocenters. The quantitative estimate of drug-likeness (QED) is 0.784. The molecule has 24 heavy (non-hydrogen) atoms. The lowest BCUT2D eigenvalue weighted by Gasteiger charge is -2.18. The third kappa shape index (κ3) is 5.88. The highest BCUT2D eigenvalue weighted by atomic mass is 16.2. The van der Waals surface area contributed by atoms with Gasteiger partial charge in [-0.1, -0.05) is 67.6 Å². The maximum atomic E-state index is 12.5. The molecule has 2 N–H and O–H groups in total. The lowest BCUT2D eigenvalue weighted by atomic mass is 10.0. The highest BCUT2D eigenvalue weighted by molar-refractivity contribution is 5.87. The SMILES string of the molecule is CCCC(=O)N[C@H](Cc1ccccc1)C(=O)NCc1ccccc1. The van der Waals surface area contributed by atoms with Gasteiger partial charge < -0.3 is 10.6 Å². The summed E-state index contributed by atoms with van der Waals surface area (Å²) in [4.78, 5) is 24.5. The summed E-state index contributed by atoms with van der Waals surface area (Å²) in [7, 11) is 0. The smallest absolute Gasteiger partial charge is 0.243 e. The Balaban J connectivity index is 2.00. The number of benzene rings is 2. The number of carbonyl (C=O) groups excluding carboxylic acids is 2. The Bertz CT molecular complexity index is 641. The Morgan fingerprint density at radius 1 is 0.917 bits per heavy atom. The molecule has 2 amide bonds. The molecular formula is C20H24N2O2. The summed E-state index contributed by atoms with van der Waals surface area (Å²) in [5.74, 6) is -0.250. The minimum absolute atomic E-state index is 0.0895. The average Bonchev–Trinajstić information content (AvgIpc) is 2.61. The fourth-order valence-corrected chi connectivity index (χ4v) is 2.46. The first kappa shape index (κ1) is 17.7. The predicted molar refractivity (Wildman–Crippen MR) is 95.3 cm³/mol. The Morgan fingerprint density at radius 3 is 2.08 bits per heavy atom. The van der Waals surface area contributed by atoms with Gasteiger partial charge in [0.15, 0.2) is 0 Å². The van der Waals surface area contributed by atoms with Gasteiger partial charge in [-0.05, 0) is 17.5 Å². The van der Waals surface area contributed by atoms with Gasteiger partial charge >= 0.3 is 0 Å². The average molecular weight is 324 g/mol. The molecule has 0 aliphatic rings. The molecule has 0 radical (unpaired) electrons. The van der Waals surface area contributed by atoms with Crippen molar-refractivity contribution in [3.8, 4) is 0 Å². The Hall–Kier alpha value is -2.62. The molecule has 126 valence electrons. The molecule has 0 saturated heterocycles. The molecule has 4 heteroatoms. The minimum Gasteiger partial charge on any atom is -0.350 e. The van der Waals surface area contributed by atoms with E-state index in [1.165, 1.54) is 0 Å². The van der Waals surface area contributed by atoms with Gasteiger partial charge in [0, 0.05) is 19.4 Å². The maximum absolute atomic E-state index is 12.5. The highest BCUT2D eigenvalue weighted by Gasteiger charge is 2.20. The molecule has 0 heterocycles. The fraction of sp³-hybridized carbons (Fsp3) is 0.300. The molecule has 0 fully saturated rings. The number of hydrogen-bond donors (Lipinski definition) is 2. The van der Waals surface area contributed by atoms with Crippen molar-refractivity contribution < 1.29 is 9.59 Å². The second-order valence-electron chi connectivity index (χ2n) is 5.76. The van der Waals surface area contributed by atoms with Crippen LogP contribution in [0.4, 0.5) is 0 Å². The van der Waals surface area contributed by atoms with Gasteiger partial charge in [-0.3, -0.25) is 9.59 Å². The van der Waals surface area contributed by atoms with Crippen molar-refractivity contribution in [3.63, 3.8) is 0 Å². The fourth-order valence-electron chi connectivity index (χ4n) is 2.46. The third-order valence-electron chi connectivity index (χ3n) is 3.72.